The van der Waals surface area contributed by atoms with Gasteiger partial charge in [-0.25, -0.2) is 0 Å². The molecular formula is C24H24ClN3O3. The first-order valence-electron chi connectivity index (χ1n) is 10.6. The number of hydrogen-bond acceptors (Lipinski definition) is 3. The van der Waals surface area contributed by atoms with E-state index in [1.165, 1.54) is 6.07 Å². The SMILES string of the molecule is CC(C)n1ccc(C(=O)N2CCC3(CC2)Oc2cc(Cl)ccc2-n2cccc23)cc1=O. The molecule has 1 saturated heterocycles. The summed E-state index contributed by atoms with van der Waals surface area (Å²) in [5.74, 6) is 0.644. The van der Waals surface area contributed by atoms with Gasteiger partial charge in [-0.1, -0.05) is 11.6 Å². The Kier molecular flexibility index (Phi) is 4.70. The molecule has 160 valence electrons. The molecule has 2 aliphatic heterocycles. The average Bonchev–Trinajstić information content (AvgIpc) is 3.24. The van der Waals surface area contributed by atoms with Crippen LogP contribution in [-0.4, -0.2) is 33.0 Å². The lowest BCUT2D eigenvalue weighted by Crippen LogP contribution is -2.50. The molecule has 1 fully saturated rings. The maximum atomic E-state index is 13.1. The van der Waals surface area contributed by atoms with Gasteiger partial charge in [0.25, 0.3) is 11.5 Å². The van der Waals surface area contributed by atoms with Crippen LogP contribution in [0.15, 0.2) is 59.7 Å². The molecule has 0 bridgehead atoms. The van der Waals surface area contributed by atoms with Gasteiger partial charge in [-0.2, -0.15) is 0 Å². The molecule has 3 aromatic rings. The number of halogens is 1. The number of likely N-dealkylation sites (tertiary alicyclic amines) is 1. The second kappa shape index (κ2) is 7.31. The van der Waals surface area contributed by atoms with Gasteiger partial charge < -0.3 is 18.8 Å². The summed E-state index contributed by atoms with van der Waals surface area (Å²) in [5.41, 5.74) is 1.84. The summed E-state index contributed by atoms with van der Waals surface area (Å²) in [6, 6.07) is 13.0. The zero-order valence-electron chi connectivity index (χ0n) is 17.5. The van der Waals surface area contributed by atoms with Crippen molar-refractivity contribution in [3.05, 3.63) is 81.5 Å². The Morgan fingerprint density at radius 1 is 1.10 bits per heavy atom. The lowest BCUT2D eigenvalue weighted by atomic mass is 9.86. The number of nitrogens with zero attached hydrogens (tertiary/aromatic N) is 3. The molecule has 4 heterocycles. The molecule has 31 heavy (non-hydrogen) atoms. The first-order chi connectivity index (χ1) is 14.9. The van der Waals surface area contributed by atoms with Crippen LogP contribution in [0.4, 0.5) is 0 Å². The van der Waals surface area contributed by atoms with Crippen LogP contribution in [0, 0.1) is 0 Å². The van der Waals surface area contributed by atoms with Gasteiger partial charge in [0.15, 0.2) is 5.60 Å². The number of carbonyl (C=O) groups excluding carboxylic acids is 1. The molecule has 1 spiro atoms. The van der Waals surface area contributed by atoms with Crippen molar-refractivity contribution in [2.75, 3.05) is 13.1 Å². The van der Waals surface area contributed by atoms with E-state index >= 15 is 0 Å². The molecule has 0 N–H and O–H groups in total. The highest BCUT2D eigenvalue weighted by Gasteiger charge is 2.44. The van der Waals surface area contributed by atoms with Crippen molar-refractivity contribution in [1.29, 1.82) is 0 Å². The van der Waals surface area contributed by atoms with Gasteiger partial charge in [-0.05, 0) is 44.2 Å². The molecule has 6 nitrogen and oxygen atoms in total. The summed E-state index contributed by atoms with van der Waals surface area (Å²) in [5, 5.41) is 0.633. The van der Waals surface area contributed by atoms with E-state index in [1.54, 1.807) is 16.8 Å². The number of pyridine rings is 1. The van der Waals surface area contributed by atoms with E-state index in [-0.39, 0.29) is 17.5 Å². The van der Waals surface area contributed by atoms with Crippen LogP contribution >= 0.6 is 11.6 Å². The number of ether oxygens (including phenoxy) is 1. The van der Waals surface area contributed by atoms with Gasteiger partial charge in [-0.3, -0.25) is 9.59 Å². The first kappa shape index (κ1) is 19.9. The predicted octanol–water partition coefficient (Wildman–Crippen LogP) is 4.40. The van der Waals surface area contributed by atoms with Gasteiger partial charge in [0.1, 0.15) is 5.75 Å². The minimum atomic E-state index is -0.501. The number of fused-ring (bicyclic) bond motifs is 4. The van der Waals surface area contributed by atoms with Gasteiger partial charge in [0, 0.05) is 67.1 Å². The average molecular weight is 438 g/mol. The van der Waals surface area contributed by atoms with Crippen LogP contribution in [-0.2, 0) is 5.60 Å². The number of piperidine rings is 1. The topological polar surface area (TPSA) is 56.5 Å². The van der Waals surface area contributed by atoms with Crippen LogP contribution in [0.25, 0.3) is 5.69 Å². The van der Waals surface area contributed by atoms with Crippen molar-refractivity contribution >= 4 is 17.5 Å². The Labute approximate surface area is 185 Å². The van der Waals surface area contributed by atoms with Crippen molar-refractivity contribution in [2.24, 2.45) is 0 Å². The van der Waals surface area contributed by atoms with E-state index < -0.39 is 5.60 Å². The third-order valence-electron chi connectivity index (χ3n) is 6.31. The Hall–Kier alpha value is -2.99. The van der Waals surface area contributed by atoms with Crippen molar-refractivity contribution in [3.8, 4) is 11.4 Å². The van der Waals surface area contributed by atoms with Crippen LogP contribution in [0.3, 0.4) is 0 Å². The molecule has 1 aromatic carbocycles. The van der Waals surface area contributed by atoms with Crippen molar-refractivity contribution in [2.45, 2.75) is 38.3 Å². The van der Waals surface area contributed by atoms with E-state index in [4.69, 9.17) is 16.3 Å². The standard InChI is InChI=1S/C24H24ClN3O3/c1-16(2)27-11-7-17(14-22(27)29)23(30)26-12-8-24(9-13-26)21-4-3-10-28(21)19-6-5-18(25)15-20(19)31-24/h3-7,10-11,14-16H,8-9,12-13H2,1-2H3. The summed E-state index contributed by atoms with van der Waals surface area (Å²) < 4.78 is 10.3. The van der Waals surface area contributed by atoms with E-state index in [9.17, 15) is 9.59 Å². The van der Waals surface area contributed by atoms with E-state index in [2.05, 4.69) is 10.6 Å². The molecule has 2 aliphatic rings. The highest BCUT2D eigenvalue weighted by Crippen LogP contribution is 2.45. The van der Waals surface area contributed by atoms with Crippen molar-refractivity contribution in [1.82, 2.24) is 14.0 Å². The number of hydrogen-bond donors (Lipinski definition) is 0. The maximum absolute atomic E-state index is 13.1. The summed E-state index contributed by atoms with van der Waals surface area (Å²) >= 11 is 6.21. The van der Waals surface area contributed by atoms with Crippen LogP contribution in [0.2, 0.25) is 5.02 Å². The number of rotatable bonds is 2. The lowest BCUT2D eigenvalue weighted by Gasteiger charge is -2.45. The summed E-state index contributed by atoms with van der Waals surface area (Å²) in [4.78, 5) is 27.2. The molecule has 0 radical (unpaired) electrons. The number of aromatic nitrogens is 2. The Morgan fingerprint density at radius 3 is 2.58 bits per heavy atom. The van der Waals surface area contributed by atoms with Crippen molar-refractivity contribution in [3.63, 3.8) is 0 Å². The number of benzene rings is 1. The van der Waals surface area contributed by atoms with Crippen molar-refractivity contribution < 1.29 is 9.53 Å². The normalized spacial score (nSPS) is 16.7. The molecule has 0 saturated carbocycles. The quantitative estimate of drug-likeness (QED) is 0.597. The number of amides is 1. The Bertz CT molecular complexity index is 1220. The highest BCUT2D eigenvalue weighted by molar-refractivity contribution is 6.30. The van der Waals surface area contributed by atoms with Crippen LogP contribution in [0.5, 0.6) is 5.75 Å². The van der Waals surface area contributed by atoms with Gasteiger partial charge >= 0.3 is 0 Å². The highest BCUT2D eigenvalue weighted by atomic mass is 35.5. The lowest BCUT2D eigenvalue weighted by molar-refractivity contribution is -0.00931. The fourth-order valence-corrected chi connectivity index (χ4v) is 4.82. The zero-order chi connectivity index (χ0) is 21.8. The molecule has 0 unspecified atom stereocenters. The molecule has 0 aliphatic carbocycles. The van der Waals surface area contributed by atoms with Crippen LogP contribution in [0.1, 0.15) is 48.8 Å². The summed E-state index contributed by atoms with van der Waals surface area (Å²) in [6.45, 7) is 4.98. The second-order valence-corrected chi connectivity index (χ2v) is 8.96. The molecule has 5 rings (SSSR count). The minimum Gasteiger partial charge on any atom is -0.479 e. The molecule has 0 atom stereocenters. The van der Waals surface area contributed by atoms with E-state index in [0.29, 0.717) is 36.5 Å². The predicted molar refractivity (Wildman–Crippen MR) is 119 cm³/mol. The monoisotopic (exact) mass is 437 g/mol. The fourth-order valence-electron chi connectivity index (χ4n) is 4.65. The summed E-state index contributed by atoms with van der Waals surface area (Å²) in [7, 11) is 0. The van der Waals surface area contributed by atoms with E-state index in [0.717, 1.165) is 17.1 Å². The Morgan fingerprint density at radius 2 is 1.87 bits per heavy atom. The third-order valence-corrected chi connectivity index (χ3v) is 6.55. The van der Waals surface area contributed by atoms with E-state index in [1.807, 2.05) is 49.2 Å². The number of carbonyl (C=O) groups is 1. The minimum absolute atomic E-state index is 0.0579. The second-order valence-electron chi connectivity index (χ2n) is 8.52. The first-order valence-corrected chi connectivity index (χ1v) is 10.9. The molecule has 7 heteroatoms. The third kappa shape index (κ3) is 3.26. The fraction of sp³-hybridized carbons (Fsp3) is 0.333. The van der Waals surface area contributed by atoms with Crippen LogP contribution < -0.4 is 10.3 Å². The molecule has 1 amide bonds. The van der Waals surface area contributed by atoms with Gasteiger partial charge in [0.2, 0.25) is 0 Å². The zero-order valence-corrected chi connectivity index (χ0v) is 18.3. The largest absolute Gasteiger partial charge is 0.479 e. The van der Waals surface area contributed by atoms with Gasteiger partial charge in [0.05, 0.1) is 11.4 Å². The maximum Gasteiger partial charge on any atom is 0.254 e. The molecular weight excluding hydrogens is 414 g/mol. The molecule has 2 aromatic heterocycles. The Balaban J connectivity index is 1.39. The smallest absolute Gasteiger partial charge is 0.254 e. The van der Waals surface area contributed by atoms with Gasteiger partial charge in [-0.15, -0.1) is 0 Å². The summed E-state index contributed by atoms with van der Waals surface area (Å²) in [6.07, 6.45) is 5.06.